The van der Waals surface area contributed by atoms with Crippen molar-refractivity contribution in [2.45, 2.75) is 18.6 Å². The van der Waals surface area contributed by atoms with E-state index in [1.54, 1.807) is 31.4 Å². The minimum Gasteiger partial charge on any atom is -0.497 e. The SMILES string of the molecule is COC(=O)[C@@H]1C(=O)C[C@@H](c2ccccc2)O[C@H]1c1ccc(OC)cc1. The van der Waals surface area contributed by atoms with Crippen molar-refractivity contribution in [3.63, 3.8) is 0 Å². The number of esters is 1. The second kappa shape index (κ2) is 7.49. The van der Waals surface area contributed by atoms with Crippen LogP contribution in [0.4, 0.5) is 0 Å². The molecule has 0 N–H and O–H groups in total. The normalized spacial score (nSPS) is 23.1. The summed E-state index contributed by atoms with van der Waals surface area (Å²) in [5, 5.41) is 0. The van der Waals surface area contributed by atoms with Gasteiger partial charge in [-0.3, -0.25) is 9.59 Å². The van der Waals surface area contributed by atoms with Gasteiger partial charge in [-0.1, -0.05) is 42.5 Å². The van der Waals surface area contributed by atoms with Crippen LogP contribution in [0, 0.1) is 5.92 Å². The second-order valence-corrected chi connectivity index (χ2v) is 5.90. The monoisotopic (exact) mass is 340 g/mol. The Morgan fingerprint density at radius 1 is 1.00 bits per heavy atom. The predicted octanol–water partition coefficient (Wildman–Crippen LogP) is 3.26. The number of carbonyl (C=O) groups is 2. The molecule has 0 unspecified atom stereocenters. The highest BCUT2D eigenvalue weighted by Gasteiger charge is 2.44. The average Bonchev–Trinajstić information content (AvgIpc) is 2.67. The zero-order valence-electron chi connectivity index (χ0n) is 14.2. The molecule has 2 aromatic rings. The van der Waals surface area contributed by atoms with Crippen LogP contribution in [0.15, 0.2) is 54.6 Å². The summed E-state index contributed by atoms with van der Waals surface area (Å²) in [5.74, 6) is -1.01. The summed E-state index contributed by atoms with van der Waals surface area (Å²) in [5.41, 5.74) is 1.66. The number of rotatable bonds is 4. The van der Waals surface area contributed by atoms with E-state index in [4.69, 9.17) is 14.2 Å². The fraction of sp³-hybridized carbons (Fsp3) is 0.300. The Morgan fingerprint density at radius 2 is 1.68 bits per heavy atom. The molecule has 3 rings (SSSR count). The van der Waals surface area contributed by atoms with Crippen LogP contribution >= 0.6 is 0 Å². The lowest BCUT2D eigenvalue weighted by atomic mass is 9.85. The second-order valence-electron chi connectivity index (χ2n) is 5.90. The van der Waals surface area contributed by atoms with Crippen molar-refractivity contribution in [3.8, 4) is 5.75 Å². The summed E-state index contributed by atoms with van der Waals surface area (Å²) in [4.78, 5) is 24.9. The van der Waals surface area contributed by atoms with Gasteiger partial charge in [0.05, 0.1) is 20.3 Å². The van der Waals surface area contributed by atoms with Gasteiger partial charge in [-0.05, 0) is 23.3 Å². The third kappa shape index (κ3) is 3.56. The number of Topliss-reactive ketones (excluding diaryl/α,β-unsaturated/α-hetero) is 1. The molecule has 25 heavy (non-hydrogen) atoms. The molecule has 0 bridgehead atoms. The van der Waals surface area contributed by atoms with Gasteiger partial charge in [0, 0.05) is 6.42 Å². The number of ether oxygens (including phenoxy) is 3. The summed E-state index contributed by atoms with van der Waals surface area (Å²) in [6.45, 7) is 0. The maximum absolute atomic E-state index is 12.7. The molecular weight excluding hydrogens is 320 g/mol. The maximum atomic E-state index is 12.7. The molecule has 5 heteroatoms. The summed E-state index contributed by atoms with van der Waals surface area (Å²) in [6, 6.07) is 16.7. The van der Waals surface area contributed by atoms with E-state index in [1.807, 2.05) is 30.3 Å². The lowest BCUT2D eigenvalue weighted by Crippen LogP contribution is -2.38. The average molecular weight is 340 g/mol. The van der Waals surface area contributed by atoms with Crippen LogP contribution in [0.1, 0.15) is 29.8 Å². The van der Waals surface area contributed by atoms with Gasteiger partial charge in [0.15, 0.2) is 5.78 Å². The molecule has 0 saturated carbocycles. The van der Waals surface area contributed by atoms with Gasteiger partial charge in [0.25, 0.3) is 0 Å². The molecule has 0 spiro atoms. The fourth-order valence-corrected chi connectivity index (χ4v) is 3.09. The van der Waals surface area contributed by atoms with E-state index >= 15 is 0 Å². The highest BCUT2D eigenvalue weighted by atomic mass is 16.5. The molecule has 0 aliphatic carbocycles. The van der Waals surface area contributed by atoms with Crippen LogP contribution in [-0.4, -0.2) is 26.0 Å². The molecule has 130 valence electrons. The first-order chi connectivity index (χ1) is 12.1. The number of methoxy groups -OCH3 is 2. The quantitative estimate of drug-likeness (QED) is 0.631. The van der Waals surface area contributed by atoms with Gasteiger partial charge in [0.2, 0.25) is 0 Å². The van der Waals surface area contributed by atoms with Gasteiger partial charge in [-0.15, -0.1) is 0 Å². The maximum Gasteiger partial charge on any atom is 0.319 e. The highest BCUT2D eigenvalue weighted by molar-refractivity contribution is 6.00. The molecule has 0 aromatic heterocycles. The Kier molecular flexibility index (Phi) is 5.14. The third-order valence-electron chi connectivity index (χ3n) is 4.42. The Hall–Kier alpha value is -2.66. The molecule has 2 aromatic carbocycles. The molecule has 0 amide bonds. The number of carbonyl (C=O) groups excluding carboxylic acids is 2. The fourth-order valence-electron chi connectivity index (χ4n) is 3.09. The van der Waals surface area contributed by atoms with E-state index in [1.165, 1.54) is 7.11 Å². The van der Waals surface area contributed by atoms with Gasteiger partial charge >= 0.3 is 5.97 Å². The summed E-state index contributed by atoms with van der Waals surface area (Å²) in [6.07, 6.45) is -0.928. The molecular formula is C20H20O5. The minimum absolute atomic E-state index is 0.149. The lowest BCUT2D eigenvalue weighted by molar-refractivity contribution is -0.168. The topological polar surface area (TPSA) is 61.8 Å². The van der Waals surface area contributed by atoms with E-state index in [0.717, 1.165) is 11.1 Å². The van der Waals surface area contributed by atoms with E-state index in [0.29, 0.717) is 5.75 Å². The first kappa shape index (κ1) is 17.2. The lowest BCUT2D eigenvalue weighted by Gasteiger charge is -2.34. The summed E-state index contributed by atoms with van der Waals surface area (Å²) < 4.78 is 16.2. The number of hydrogen-bond donors (Lipinski definition) is 0. The Balaban J connectivity index is 1.95. The van der Waals surface area contributed by atoms with Crippen LogP contribution in [0.2, 0.25) is 0 Å². The Bertz CT molecular complexity index is 738. The highest BCUT2D eigenvalue weighted by Crippen LogP contribution is 2.41. The van der Waals surface area contributed by atoms with Crippen LogP contribution in [0.3, 0.4) is 0 Å². The zero-order valence-corrected chi connectivity index (χ0v) is 14.2. The number of ketones is 1. The van der Waals surface area contributed by atoms with Crippen molar-refractivity contribution in [3.05, 3.63) is 65.7 Å². The molecule has 1 heterocycles. The molecule has 1 aliphatic heterocycles. The smallest absolute Gasteiger partial charge is 0.319 e. The van der Waals surface area contributed by atoms with Crippen LogP contribution in [0.5, 0.6) is 5.75 Å². The van der Waals surface area contributed by atoms with Gasteiger partial charge < -0.3 is 14.2 Å². The largest absolute Gasteiger partial charge is 0.497 e. The Labute approximate surface area is 146 Å². The van der Waals surface area contributed by atoms with Crippen LogP contribution in [-0.2, 0) is 19.1 Å². The van der Waals surface area contributed by atoms with Gasteiger partial charge in [-0.25, -0.2) is 0 Å². The van der Waals surface area contributed by atoms with Crippen molar-refractivity contribution in [2.75, 3.05) is 14.2 Å². The van der Waals surface area contributed by atoms with Crippen molar-refractivity contribution < 1.29 is 23.8 Å². The summed E-state index contributed by atoms with van der Waals surface area (Å²) in [7, 11) is 2.86. The van der Waals surface area contributed by atoms with Gasteiger partial charge in [0.1, 0.15) is 17.8 Å². The minimum atomic E-state index is -0.960. The first-order valence-corrected chi connectivity index (χ1v) is 8.09. The van der Waals surface area contributed by atoms with E-state index in [9.17, 15) is 9.59 Å². The molecule has 1 fully saturated rings. The number of hydrogen-bond acceptors (Lipinski definition) is 5. The molecule has 0 radical (unpaired) electrons. The molecule has 1 aliphatic rings. The van der Waals surface area contributed by atoms with E-state index in [-0.39, 0.29) is 18.3 Å². The zero-order chi connectivity index (χ0) is 17.8. The van der Waals surface area contributed by atoms with E-state index in [2.05, 4.69) is 0 Å². The van der Waals surface area contributed by atoms with E-state index < -0.39 is 18.0 Å². The van der Waals surface area contributed by atoms with Gasteiger partial charge in [-0.2, -0.15) is 0 Å². The number of benzene rings is 2. The third-order valence-corrected chi connectivity index (χ3v) is 4.42. The van der Waals surface area contributed by atoms with Crippen LogP contribution in [0.25, 0.3) is 0 Å². The van der Waals surface area contributed by atoms with Crippen LogP contribution < -0.4 is 4.74 Å². The van der Waals surface area contributed by atoms with Crippen molar-refractivity contribution in [1.29, 1.82) is 0 Å². The van der Waals surface area contributed by atoms with Crippen molar-refractivity contribution in [2.24, 2.45) is 5.92 Å². The predicted molar refractivity (Wildman–Crippen MR) is 91.1 cm³/mol. The first-order valence-electron chi connectivity index (χ1n) is 8.09. The molecule has 3 atom stereocenters. The van der Waals surface area contributed by atoms with Crippen molar-refractivity contribution in [1.82, 2.24) is 0 Å². The summed E-state index contributed by atoms with van der Waals surface area (Å²) >= 11 is 0. The molecule has 5 nitrogen and oxygen atoms in total. The standard InChI is InChI=1S/C20H20O5/c1-23-15-10-8-14(9-11-15)19-18(20(22)24-2)16(21)12-17(25-19)13-6-4-3-5-7-13/h3-11,17-19H,12H2,1-2H3/t17-,18+,19-/m0/s1. The van der Waals surface area contributed by atoms with Crippen molar-refractivity contribution >= 4 is 11.8 Å². The molecule has 1 saturated heterocycles. The Morgan fingerprint density at radius 3 is 2.28 bits per heavy atom.